The van der Waals surface area contributed by atoms with Crippen molar-refractivity contribution in [2.75, 3.05) is 6.54 Å². The number of hydrogen-bond acceptors (Lipinski definition) is 4. The molecule has 0 bridgehead atoms. The van der Waals surface area contributed by atoms with Crippen molar-refractivity contribution in [3.8, 4) is 11.4 Å². The number of halogens is 1. The summed E-state index contributed by atoms with van der Waals surface area (Å²) in [6.07, 6.45) is 1.36. The minimum atomic E-state index is -0.487. The van der Waals surface area contributed by atoms with E-state index < -0.39 is 6.04 Å². The number of benzene rings is 2. The molecule has 7 heteroatoms. The highest BCUT2D eigenvalue weighted by Gasteiger charge is 2.21. The van der Waals surface area contributed by atoms with E-state index in [1.807, 2.05) is 49.4 Å². The van der Waals surface area contributed by atoms with E-state index in [9.17, 15) is 4.79 Å². The highest BCUT2D eigenvalue weighted by molar-refractivity contribution is 6.30. The van der Waals surface area contributed by atoms with Crippen LogP contribution in [0.15, 0.2) is 54.6 Å². The summed E-state index contributed by atoms with van der Waals surface area (Å²) in [6, 6.07) is 16.7. The van der Waals surface area contributed by atoms with Gasteiger partial charge in [-0.05, 0) is 47.9 Å². The number of hydrogen-bond donors (Lipinski definition) is 1. The molecule has 1 aromatic heterocycles. The van der Waals surface area contributed by atoms with E-state index >= 15 is 0 Å². The van der Waals surface area contributed by atoms with Crippen LogP contribution < -0.4 is 5.32 Å². The van der Waals surface area contributed by atoms with Crippen molar-refractivity contribution in [2.45, 2.75) is 25.8 Å². The summed E-state index contributed by atoms with van der Waals surface area (Å²) >= 11 is 5.90. The molecule has 134 valence electrons. The lowest BCUT2D eigenvalue weighted by molar-refractivity contribution is -0.125. The minimum Gasteiger partial charge on any atom is -0.354 e. The molecule has 0 radical (unpaired) electrons. The molecule has 0 fully saturated rings. The Morgan fingerprint density at radius 2 is 1.88 bits per heavy atom. The van der Waals surface area contributed by atoms with Gasteiger partial charge in [-0.1, -0.05) is 48.9 Å². The van der Waals surface area contributed by atoms with Crippen LogP contribution in [0.1, 0.15) is 24.9 Å². The molecule has 0 aliphatic rings. The highest BCUT2D eigenvalue weighted by atomic mass is 35.5. The number of rotatable bonds is 7. The van der Waals surface area contributed by atoms with Crippen LogP contribution in [-0.2, 0) is 11.2 Å². The fraction of sp³-hybridized carbons (Fsp3) is 0.263. The number of carbonyl (C=O) groups is 1. The van der Waals surface area contributed by atoms with Gasteiger partial charge in [-0.3, -0.25) is 4.79 Å². The summed E-state index contributed by atoms with van der Waals surface area (Å²) in [6.45, 7) is 2.49. The van der Waals surface area contributed by atoms with Crippen molar-refractivity contribution in [3.63, 3.8) is 0 Å². The third kappa shape index (κ3) is 4.46. The van der Waals surface area contributed by atoms with Crippen molar-refractivity contribution < 1.29 is 4.79 Å². The molecule has 1 amide bonds. The van der Waals surface area contributed by atoms with E-state index in [0.717, 1.165) is 12.0 Å². The van der Waals surface area contributed by atoms with Crippen LogP contribution in [0.5, 0.6) is 0 Å². The van der Waals surface area contributed by atoms with Gasteiger partial charge in [0, 0.05) is 17.1 Å². The Morgan fingerprint density at radius 3 is 2.58 bits per heavy atom. The van der Waals surface area contributed by atoms with Gasteiger partial charge >= 0.3 is 0 Å². The first-order chi connectivity index (χ1) is 12.7. The van der Waals surface area contributed by atoms with E-state index in [4.69, 9.17) is 11.6 Å². The lowest BCUT2D eigenvalue weighted by atomic mass is 10.1. The third-order valence-electron chi connectivity index (χ3n) is 4.05. The van der Waals surface area contributed by atoms with E-state index in [0.29, 0.717) is 23.8 Å². The molecular formula is C19H20ClN5O. The number of amides is 1. The molecule has 3 rings (SSSR count). The number of nitrogens with one attached hydrogen (secondary N) is 1. The smallest absolute Gasteiger partial charge is 0.246 e. The lowest BCUT2D eigenvalue weighted by Crippen LogP contribution is -2.34. The molecule has 2 aromatic carbocycles. The number of tetrazole rings is 1. The summed E-state index contributed by atoms with van der Waals surface area (Å²) in [4.78, 5) is 13.9. The maximum absolute atomic E-state index is 12.5. The molecule has 1 N–H and O–H groups in total. The average Bonchev–Trinajstić information content (AvgIpc) is 3.13. The molecular weight excluding hydrogens is 350 g/mol. The molecule has 1 unspecified atom stereocenters. The molecule has 6 nitrogen and oxygen atoms in total. The van der Waals surface area contributed by atoms with Gasteiger partial charge in [-0.15, -0.1) is 10.2 Å². The van der Waals surface area contributed by atoms with Crippen molar-refractivity contribution in [1.82, 2.24) is 25.5 Å². The molecule has 0 aliphatic carbocycles. The van der Waals surface area contributed by atoms with E-state index in [1.54, 1.807) is 12.1 Å². The number of carbonyl (C=O) groups excluding carboxylic acids is 1. The maximum Gasteiger partial charge on any atom is 0.246 e. The number of nitrogens with zero attached hydrogens (tertiary/aromatic N) is 4. The summed E-state index contributed by atoms with van der Waals surface area (Å²) in [5.41, 5.74) is 1.99. The van der Waals surface area contributed by atoms with Crippen molar-refractivity contribution >= 4 is 17.5 Å². The van der Waals surface area contributed by atoms with E-state index in [1.165, 1.54) is 10.4 Å². The van der Waals surface area contributed by atoms with E-state index in [2.05, 4.69) is 20.7 Å². The summed E-state index contributed by atoms with van der Waals surface area (Å²) in [5, 5.41) is 16.1. The summed E-state index contributed by atoms with van der Waals surface area (Å²) in [7, 11) is 0. The van der Waals surface area contributed by atoms with Gasteiger partial charge in [-0.2, -0.15) is 4.80 Å². The Kier molecular flexibility index (Phi) is 5.96. The SMILES string of the molecule is CCC(C(=O)NCCc1ccccc1)n1nnc(-c2ccc(Cl)cc2)n1. The molecule has 3 aromatic rings. The zero-order valence-corrected chi connectivity index (χ0v) is 15.2. The normalized spacial score (nSPS) is 11.9. The van der Waals surface area contributed by atoms with Gasteiger partial charge in [0.15, 0.2) is 6.04 Å². The van der Waals surface area contributed by atoms with Crippen molar-refractivity contribution in [2.24, 2.45) is 0 Å². The fourth-order valence-electron chi connectivity index (χ4n) is 2.62. The second-order valence-electron chi connectivity index (χ2n) is 5.89. The van der Waals surface area contributed by atoms with Gasteiger partial charge < -0.3 is 5.32 Å². The van der Waals surface area contributed by atoms with Crippen molar-refractivity contribution in [1.29, 1.82) is 0 Å². The second-order valence-corrected chi connectivity index (χ2v) is 6.33. The maximum atomic E-state index is 12.5. The number of aromatic nitrogens is 4. The van der Waals surface area contributed by atoms with Crippen LogP contribution in [0, 0.1) is 0 Å². The molecule has 0 saturated heterocycles. The fourth-order valence-corrected chi connectivity index (χ4v) is 2.74. The van der Waals surface area contributed by atoms with Crippen LogP contribution in [0.4, 0.5) is 0 Å². The summed E-state index contributed by atoms with van der Waals surface area (Å²) < 4.78 is 0. The Bertz CT molecular complexity index is 848. The predicted molar refractivity (Wildman–Crippen MR) is 101 cm³/mol. The summed E-state index contributed by atoms with van der Waals surface area (Å²) in [5.74, 6) is 0.362. The monoisotopic (exact) mass is 369 g/mol. The van der Waals surface area contributed by atoms with Gasteiger partial charge in [0.05, 0.1) is 0 Å². The Balaban J connectivity index is 1.62. The Morgan fingerprint density at radius 1 is 1.15 bits per heavy atom. The van der Waals surface area contributed by atoms with Crippen molar-refractivity contribution in [3.05, 3.63) is 65.2 Å². The zero-order chi connectivity index (χ0) is 18.4. The largest absolute Gasteiger partial charge is 0.354 e. The highest BCUT2D eigenvalue weighted by Crippen LogP contribution is 2.18. The van der Waals surface area contributed by atoms with Crippen LogP contribution in [-0.4, -0.2) is 32.7 Å². The Hall–Kier alpha value is -2.73. The van der Waals surface area contributed by atoms with E-state index in [-0.39, 0.29) is 5.91 Å². The standard InChI is InChI=1S/C19H20ClN5O/c1-2-17(19(26)21-13-12-14-6-4-3-5-7-14)25-23-18(22-24-25)15-8-10-16(20)11-9-15/h3-11,17H,2,12-13H2,1H3,(H,21,26). The lowest BCUT2D eigenvalue weighted by Gasteiger charge is -2.13. The Labute approximate surface area is 157 Å². The minimum absolute atomic E-state index is 0.108. The first-order valence-corrected chi connectivity index (χ1v) is 8.92. The second kappa shape index (κ2) is 8.58. The molecule has 1 heterocycles. The van der Waals surface area contributed by atoms with Gasteiger partial charge in [0.2, 0.25) is 11.7 Å². The molecule has 1 atom stereocenters. The first-order valence-electron chi connectivity index (χ1n) is 8.54. The quantitative estimate of drug-likeness (QED) is 0.693. The topological polar surface area (TPSA) is 72.7 Å². The molecule has 0 spiro atoms. The van der Waals surface area contributed by atoms with Crippen LogP contribution in [0.2, 0.25) is 5.02 Å². The van der Waals surface area contributed by atoms with Crippen LogP contribution >= 0.6 is 11.6 Å². The van der Waals surface area contributed by atoms with Gasteiger partial charge in [0.1, 0.15) is 0 Å². The van der Waals surface area contributed by atoms with Gasteiger partial charge in [-0.25, -0.2) is 0 Å². The van der Waals surface area contributed by atoms with Crippen LogP contribution in [0.3, 0.4) is 0 Å². The molecule has 26 heavy (non-hydrogen) atoms. The van der Waals surface area contributed by atoms with Crippen LogP contribution in [0.25, 0.3) is 11.4 Å². The predicted octanol–water partition coefficient (Wildman–Crippen LogP) is 3.30. The van der Waals surface area contributed by atoms with Gasteiger partial charge in [0.25, 0.3) is 0 Å². The average molecular weight is 370 g/mol. The molecule has 0 saturated carbocycles. The third-order valence-corrected chi connectivity index (χ3v) is 4.31. The zero-order valence-electron chi connectivity index (χ0n) is 14.5. The first kappa shape index (κ1) is 18.1. The molecule has 0 aliphatic heterocycles.